The first kappa shape index (κ1) is 19.7. The molecule has 1 fully saturated rings. The van der Waals surface area contributed by atoms with Gasteiger partial charge in [-0.1, -0.05) is 30.3 Å². The molecule has 1 N–H and O–H groups in total. The fraction of sp³-hybridized carbons (Fsp3) is 0.261. The quantitative estimate of drug-likeness (QED) is 0.708. The molecule has 2 aromatic carbocycles. The topological polar surface area (TPSA) is 89.6 Å². The first-order valence-corrected chi connectivity index (χ1v) is 9.93. The van der Waals surface area contributed by atoms with Gasteiger partial charge in [0, 0.05) is 44.5 Å². The largest absolute Gasteiger partial charge is 0.451 e. The number of anilines is 1. The molecular formula is C23H22N4O3. The van der Waals surface area contributed by atoms with E-state index in [1.54, 1.807) is 35.2 Å². The minimum atomic E-state index is -0.126. The number of benzene rings is 2. The number of piperazine rings is 1. The number of hydrogen-bond donors (Lipinski definition) is 1. The highest BCUT2D eigenvalue weighted by Gasteiger charge is 2.24. The van der Waals surface area contributed by atoms with Crippen LogP contribution in [0.2, 0.25) is 0 Å². The summed E-state index contributed by atoms with van der Waals surface area (Å²) in [7, 11) is 0. The van der Waals surface area contributed by atoms with E-state index in [4.69, 9.17) is 9.68 Å². The van der Waals surface area contributed by atoms with Gasteiger partial charge in [0.2, 0.25) is 5.91 Å². The van der Waals surface area contributed by atoms with E-state index < -0.39 is 0 Å². The van der Waals surface area contributed by atoms with Gasteiger partial charge in [-0.05, 0) is 24.3 Å². The predicted molar refractivity (Wildman–Crippen MR) is 113 cm³/mol. The smallest absolute Gasteiger partial charge is 0.289 e. The SMILES string of the molecule is N#Cc1ccccc1NC(=O)CCN1CCN(C(=O)c2cc3ccccc3o2)CC1. The third-order valence-electron chi connectivity index (χ3n) is 5.27. The van der Waals surface area contributed by atoms with Crippen LogP contribution in [0.4, 0.5) is 5.69 Å². The minimum absolute atomic E-state index is 0.100. The van der Waals surface area contributed by atoms with E-state index in [0.29, 0.717) is 61.7 Å². The average molecular weight is 402 g/mol. The zero-order valence-electron chi connectivity index (χ0n) is 16.5. The number of carbonyl (C=O) groups excluding carboxylic acids is 2. The lowest BCUT2D eigenvalue weighted by atomic mass is 10.2. The van der Waals surface area contributed by atoms with Crippen LogP contribution >= 0.6 is 0 Å². The number of fused-ring (bicyclic) bond motifs is 1. The number of carbonyl (C=O) groups is 2. The Morgan fingerprint density at radius 3 is 2.53 bits per heavy atom. The molecule has 0 unspecified atom stereocenters. The molecule has 0 spiro atoms. The van der Waals surface area contributed by atoms with Gasteiger partial charge in [0.05, 0.1) is 11.3 Å². The maximum absolute atomic E-state index is 12.7. The Labute approximate surface area is 174 Å². The summed E-state index contributed by atoms with van der Waals surface area (Å²) < 4.78 is 5.68. The highest BCUT2D eigenvalue weighted by molar-refractivity contribution is 5.96. The van der Waals surface area contributed by atoms with E-state index in [9.17, 15) is 9.59 Å². The van der Waals surface area contributed by atoms with Crippen LogP contribution in [0.25, 0.3) is 11.0 Å². The second kappa shape index (κ2) is 8.80. The molecule has 0 radical (unpaired) electrons. The molecule has 30 heavy (non-hydrogen) atoms. The predicted octanol–water partition coefficient (Wildman–Crippen LogP) is 3.09. The number of amides is 2. The molecule has 1 aromatic heterocycles. The molecule has 0 bridgehead atoms. The Balaban J connectivity index is 1.26. The lowest BCUT2D eigenvalue weighted by Crippen LogP contribution is -2.49. The van der Waals surface area contributed by atoms with Crippen LogP contribution in [0.1, 0.15) is 22.5 Å². The molecular weight excluding hydrogens is 380 g/mol. The minimum Gasteiger partial charge on any atom is -0.451 e. The van der Waals surface area contributed by atoms with Crippen molar-refractivity contribution in [2.24, 2.45) is 0 Å². The summed E-state index contributed by atoms with van der Waals surface area (Å²) in [5.74, 6) is 0.135. The maximum Gasteiger partial charge on any atom is 0.289 e. The van der Waals surface area contributed by atoms with Gasteiger partial charge in [0.1, 0.15) is 11.7 Å². The summed E-state index contributed by atoms with van der Waals surface area (Å²) >= 11 is 0. The molecule has 1 saturated heterocycles. The molecule has 7 heteroatoms. The van der Waals surface area contributed by atoms with E-state index in [-0.39, 0.29) is 11.8 Å². The number of nitrogens with zero attached hydrogens (tertiary/aromatic N) is 3. The fourth-order valence-corrected chi connectivity index (χ4v) is 3.58. The van der Waals surface area contributed by atoms with Crippen LogP contribution in [0.3, 0.4) is 0 Å². The normalized spacial score (nSPS) is 14.4. The van der Waals surface area contributed by atoms with Crippen LogP contribution in [-0.4, -0.2) is 54.3 Å². The Bertz CT molecular complexity index is 1070. The van der Waals surface area contributed by atoms with E-state index in [2.05, 4.69) is 16.3 Å². The molecule has 7 nitrogen and oxygen atoms in total. The van der Waals surface area contributed by atoms with Crippen molar-refractivity contribution < 1.29 is 14.0 Å². The lowest BCUT2D eigenvalue weighted by molar-refractivity contribution is -0.116. The number of hydrogen-bond acceptors (Lipinski definition) is 5. The van der Waals surface area contributed by atoms with E-state index in [1.807, 2.05) is 24.3 Å². The summed E-state index contributed by atoms with van der Waals surface area (Å²) in [5.41, 5.74) is 1.69. The van der Waals surface area contributed by atoms with Crippen LogP contribution in [0.15, 0.2) is 59.0 Å². The van der Waals surface area contributed by atoms with Crippen molar-refractivity contribution in [3.05, 3.63) is 65.9 Å². The van der Waals surface area contributed by atoms with Gasteiger partial charge in [0.25, 0.3) is 5.91 Å². The van der Waals surface area contributed by atoms with E-state index in [1.165, 1.54) is 0 Å². The molecule has 2 heterocycles. The second-order valence-electron chi connectivity index (χ2n) is 7.24. The molecule has 2 amide bonds. The van der Waals surface area contributed by atoms with E-state index in [0.717, 1.165) is 5.39 Å². The number of para-hydroxylation sites is 2. The van der Waals surface area contributed by atoms with Crippen LogP contribution < -0.4 is 5.32 Å². The van der Waals surface area contributed by atoms with Crippen molar-refractivity contribution >= 4 is 28.5 Å². The first-order valence-electron chi connectivity index (χ1n) is 9.93. The summed E-state index contributed by atoms with van der Waals surface area (Å²) in [5, 5.41) is 12.8. The highest BCUT2D eigenvalue weighted by Crippen LogP contribution is 2.20. The van der Waals surface area contributed by atoms with Crippen molar-refractivity contribution in [1.29, 1.82) is 5.26 Å². The number of nitriles is 1. The maximum atomic E-state index is 12.7. The number of rotatable bonds is 5. The fourth-order valence-electron chi connectivity index (χ4n) is 3.58. The Hall–Kier alpha value is -3.63. The lowest BCUT2D eigenvalue weighted by Gasteiger charge is -2.34. The highest BCUT2D eigenvalue weighted by atomic mass is 16.3. The molecule has 1 aliphatic rings. The van der Waals surface area contributed by atoms with Crippen molar-refractivity contribution in [2.75, 3.05) is 38.0 Å². The van der Waals surface area contributed by atoms with Gasteiger partial charge in [-0.2, -0.15) is 5.26 Å². The van der Waals surface area contributed by atoms with Gasteiger partial charge in [-0.3, -0.25) is 14.5 Å². The van der Waals surface area contributed by atoms with E-state index >= 15 is 0 Å². The second-order valence-corrected chi connectivity index (χ2v) is 7.24. The molecule has 0 aliphatic carbocycles. The molecule has 152 valence electrons. The summed E-state index contributed by atoms with van der Waals surface area (Å²) in [4.78, 5) is 28.9. The Morgan fingerprint density at radius 1 is 1.03 bits per heavy atom. The van der Waals surface area contributed by atoms with Crippen LogP contribution in [0.5, 0.6) is 0 Å². The van der Waals surface area contributed by atoms with Gasteiger partial charge in [0.15, 0.2) is 5.76 Å². The van der Waals surface area contributed by atoms with Crippen molar-refractivity contribution in [1.82, 2.24) is 9.80 Å². The van der Waals surface area contributed by atoms with Crippen molar-refractivity contribution in [3.63, 3.8) is 0 Å². The molecule has 0 atom stereocenters. The van der Waals surface area contributed by atoms with Gasteiger partial charge in [-0.15, -0.1) is 0 Å². The van der Waals surface area contributed by atoms with Crippen molar-refractivity contribution in [3.8, 4) is 6.07 Å². The Kier molecular flexibility index (Phi) is 5.77. The summed E-state index contributed by atoms with van der Waals surface area (Å²) in [6.45, 7) is 3.19. The molecule has 4 rings (SSSR count). The number of nitrogens with one attached hydrogen (secondary N) is 1. The Morgan fingerprint density at radius 2 is 1.77 bits per heavy atom. The molecule has 1 aliphatic heterocycles. The van der Waals surface area contributed by atoms with Gasteiger partial charge >= 0.3 is 0 Å². The van der Waals surface area contributed by atoms with Crippen LogP contribution in [-0.2, 0) is 4.79 Å². The van der Waals surface area contributed by atoms with Gasteiger partial charge in [-0.25, -0.2) is 0 Å². The van der Waals surface area contributed by atoms with Gasteiger partial charge < -0.3 is 14.6 Å². The third-order valence-corrected chi connectivity index (χ3v) is 5.27. The van der Waals surface area contributed by atoms with Crippen LogP contribution in [0, 0.1) is 11.3 Å². The zero-order valence-corrected chi connectivity index (χ0v) is 16.5. The molecule has 3 aromatic rings. The summed E-state index contributed by atoms with van der Waals surface area (Å²) in [6.07, 6.45) is 0.331. The average Bonchev–Trinajstić information content (AvgIpc) is 3.22. The monoisotopic (exact) mass is 402 g/mol. The number of furan rings is 1. The van der Waals surface area contributed by atoms with Crippen molar-refractivity contribution in [2.45, 2.75) is 6.42 Å². The first-order chi connectivity index (χ1) is 14.6. The third kappa shape index (κ3) is 4.34. The standard InChI is InChI=1S/C23H22N4O3/c24-16-18-6-1-3-7-19(18)25-22(28)9-10-26-11-13-27(14-12-26)23(29)21-15-17-5-2-4-8-20(17)30-21/h1-8,15H,9-14H2,(H,25,28). The summed E-state index contributed by atoms with van der Waals surface area (Å²) in [6, 6.07) is 18.4. The zero-order chi connectivity index (χ0) is 20.9. The molecule has 0 saturated carbocycles.